The lowest BCUT2D eigenvalue weighted by atomic mass is 10.0. The highest BCUT2D eigenvalue weighted by Crippen LogP contribution is 2.54. The minimum Gasteiger partial charge on any atom is -0.369 e. The third-order valence-electron chi connectivity index (χ3n) is 5.35. The maximum atomic E-state index is 3.75. The number of anilines is 2. The fourth-order valence-electron chi connectivity index (χ4n) is 4.02. The van der Waals surface area contributed by atoms with Crippen LogP contribution in [0, 0.1) is 0 Å². The second-order valence-corrected chi connectivity index (χ2v) is 9.37. The Kier molecular flexibility index (Phi) is 3.81. The van der Waals surface area contributed by atoms with E-state index in [0.29, 0.717) is 0 Å². The van der Waals surface area contributed by atoms with Gasteiger partial charge in [-0.25, -0.2) is 0 Å². The van der Waals surface area contributed by atoms with E-state index in [1.54, 1.807) is 0 Å². The molecule has 2 aliphatic rings. The Bertz CT molecular complexity index is 1030. The molecule has 28 heavy (non-hydrogen) atoms. The minimum absolute atomic E-state index is 0.245. The summed E-state index contributed by atoms with van der Waals surface area (Å²) < 4.78 is 0. The standard InChI is InChI=1S/C24H18N2S2/c1-3-7-15(8-4-1)23-25-17-11-14-20-22-18(12-13-19(27-23)21(17)22)26-24(28-20)16-9-5-2-6-10-16/h1-14,23-26H. The predicted molar refractivity (Wildman–Crippen MR) is 121 cm³/mol. The zero-order valence-corrected chi connectivity index (χ0v) is 16.7. The first kappa shape index (κ1) is 16.4. The zero-order chi connectivity index (χ0) is 18.5. The number of hydrogen-bond donors (Lipinski definition) is 2. The highest BCUT2D eigenvalue weighted by Gasteiger charge is 2.28. The summed E-state index contributed by atoms with van der Waals surface area (Å²) in [7, 11) is 0. The van der Waals surface area contributed by atoms with Crippen molar-refractivity contribution in [3.8, 4) is 0 Å². The Morgan fingerprint density at radius 3 is 1.36 bits per heavy atom. The van der Waals surface area contributed by atoms with Crippen molar-refractivity contribution in [2.24, 2.45) is 0 Å². The summed E-state index contributed by atoms with van der Waals surface area (Å²) in [4.78, 5) is 2.70. The fraction of sp³-hybridized carbons (Fsp3) is 0.0833. The molecule has 0 saturated heterocycles. The Hall–Kier alpha value is -2.56. The molecule has 6 rings (SSSR count). The third kappa shape index (κ3) is 2.60. The van der Waals surface area contributed by atoms with E-state index in [1.165, 1.54) is 43.1 Å². The lowest BCUT2D eigenvalue weighted by Crippen LogP contribution is -2.15. The number of hydrogen-bond acceptors (Lipinski definition) is 4. The molecule has 0 radical (unpaired) electrons. The monoisotopic (exact) mass is 398 g/mol. The molecule has 2 atom stereocenters. The van der Waals surface area contributed by atoms with Crippen LogP contribution >= 0.6 is 23.5 Å². The molecular formula is C24H18N2S2. The van der Waals surface area contributed by atoms with Gasteiger partial charge in [0.1, 0.15) is 10.7 Å². The van der Waals surface area contributed by atoms with Gasteiger partial charge in [0.25, 0.3) is 0 Å². The second-order valence-electron chi connectivity index (χ2n) is 7.08. The summed E-state index contributed by atoms with van der Waals surface area (Å²) in [5.41, 5.74) is 5.07. The molecule has 2 unspecified atom stereocenters. The van der Waals surface area contributed by atoms with Crippen molar-refractivity contribution in [2.75, 3.05) is 10.6 Å². The smallest absolute Gasteiger partial charge is 0.103 e. The Balaban J connectivity index is 1.43. The quantitative estimate of drug-likeness (QED) is 0.371. The van der Waals surface area contributed by atoms with Crippen LogP contribution in [0.15, 0.2) is 94.7 Å². The molecule has 136 valence electrons. The molecule has 0 spiro atoms. The van der Waals surface area contributed by atoms with Gasteiger partial charge in [-0.05, 0) is 35.4 Å². The largest absolute Gasteiger partial charge is 0.369 e. The van der Waals surface area contributed by atoms with E-state index < -0.39 is 0 Å². The van der Waals surface area contributed by atoms with Crippen LogP contribution in [-0.2, 0) is 0 Å². The van der Waals surface area contributed by atoms with E-state index in [4.69, 9.17) is 0 Å². The molecule has 2 N–H and O–H groups in total. The van der Waals surface area contributed by atoms with Crippen molar-refractivity contribution in [1.82, 2.24) is 0 Å². The summed E-state index contributed by atoms with van der Waals surface area (Å²) in [6.45, 7) is 0. The Morgan fingerprint density at radius 2 is 0.929 bits per heavy atom. The number of nitrogens with one attached hydrogen (secondary N) is 2. The molecule has 2 aliphatic heterocycles. The zero-order valence-electron chi connectivity index (χ0n) is 15.1. The van der Waals surface area contributed by atoms with Gasteiger partial charge in [-0.15, -0.1) is 0 Å². The van der Waals surface area contributed by atoms with Gasteiger partial charge in [0, 0.05) is 31.9 Å². The van der Waals surface area contributed by atoms with Gasteiger partial charge >= 0.3 is 0 Å². The Morgan fingerprint density at radius 1 is 0.500 bits per heavy atom. The van der Waals surface area contributed by atoms with Gasteiger partial charge in [0.2, 0.25) is 0 Å². The molecule has 4 heteroatoms. The van der Waals surface area contributed by atoms with Crippen LogP contribution in [0.3, 0.4) is 0 Å². The molecule has 4 aromatic carbocycles. The van der Waals surface area contributed by atoms with Crippen molar-refractivity contribution in [2.45, 2.75) is 20.5 Å². The van der Waals surface area contributed by atoms with Crippen LogP contribution < -0.4 is 10.6 Å². The topological polar surface area (TPSA) is 24.1 Å². The lowest BCUT2D eigenvalue weighted by molar-refractivity contribution is 1.08. The SMILES string of the molecule is c1ccc(C2Nc3ccc4c5c(ccc(c35)S2)NC(c2ccccc2)S4)cc1. The summed E-state index contributed by atoms with van der Waals surface area (Å²) in [6, 6.07) is 30.4. The molecule has 0 aliphatic carbocycles. The van der Waals surface area contributed by atoms with Gasteiger partial charge in [-0.1, -0.05) is 84.2 Å². The maximum Gasteiger partial charge on any atom is 0.103 e. The van der Waals surface area contributed by atoms with E-state index in [2.05, 4.69) is 95.6 Å². The molecular weight excluding hydrogens is 380 g/mol. The second kappa shape index (κ2) is 6.50. The van der Waals surface area contributed by atoms with Crippen molar-refractivity contribution in [3.63, 3.8) is 0 Å². The molecule has 0 saturated carbocycles. The van der Waals surface area contributed by atoms with Crippen molar-refractivity contribution < 1.29 is 0 Å². The summed E-state index contributed by atoms with van der Waals surface area (Å²) in [5.74, 6) is 0. The van der Waals surface area contributed by atoms with Gasteiger partial charge < -0.3 is 10.6 Å². The molecule has 4 aromatic rings. The van der Waals surface area contributed by atoms with Crippen molar-refractivity contribution in [3.05, 3.63) is 96.1 Å². The summed E-state index contributed by atoms with van der Waals surface area (Å²) in [6.07, 6.45) is 0. The molecule has 0 fully saturated rings. The number of benzene rings is 4. The van der Waals surface area contributed by atoms with E-state index in [0.717, 1.165) is 0 Å². The first-order chi connectivity index (χ1) is 13.9. The van der Waals surface area contributed by atoms with E-state index in [-0.39, 0.29) is 10.7 Å². The third-order valence-corrected chi connectivity index (χ3v) is 7.79. The first-order valence-electron chi connectivity index (χ1n) is 9.43. The molecule has 0 aromatic heterocycles. The van der Waals surface area contributed by atoms with Gasteiger partial charge in [0.05, 0.1) is 0 Å². The van der Waals surface area contributed by atoms with Crippen LogP contribution in [0.1, 0.15) is 21.9 Å². The first-order valence-corrected chi connectivity index (χ1v) is 11.2. The average Bonchev–Trinajstić information content (AvgIpc) is 2.78. The maximum absolute atomic E-state index is 3.75. The van der Waals surface area contributed by atoms with Gasteiger partial charge in [-0.3, -0.25) is 0 Å². The van der Waals surface area contributed by atoms with Crippen LogP contribution in [0.4, 0.5) is 11.4 Å². The Labute approximate surface area is 172 Å². The molecule has 0 amide bonds. The van der Waals surface area contributed by atoms with Crippen LogP contribution in [0.25, 0.3) is 10.8 Å². The van der Waals surface area contributed by atoms with E-state index in [9.17, 15) is 0 Å². The highest BCUT2D eigenvalue weighted by molar-refractivity contribution is 8.00. The van der Waals surface area contributed by atoms with Gasteiger partial charge in [0.15, 0.2) is 0 Å². The summed E-state index contributed by atoms with van der Waals surface area (Å²) in [5, 5.41) is 10.7. The molecule has 2 nitrogen and oxygen atoms in total. The van der Waals surface area contributed by atoms with Crippen LogP contribution in [-0.4, -0.2) is 0 Å². The van der Waals surface area contributed by atoms with Crippen molar-refractivity contribution in [1.29, 1.82) is 0 Å². The van der Waals surface area contributed by atoms with Crippen molar-refractivity contribution >= 4 is 45.7 Å². The number of thioether (sulfide) groups is 2. The minimum atomic E-state index is 0.245. The predicted octanol–water partition coefficient (Wildman–Crippen LogP) is 7.27. The molecule has 2 heterocycles. The fourth-order valence-corrected chi connectivity index (χ4v) is 6.44. The molecule has 0 bridgehead atoms. The van der Waals surface area contributed by atoms with E-state index >= 15 is 0 Å². The normalized spacial score (nSPS) is 19.7. The summed E-state index contributed by atoms with van der Waals surface area (Å²) >= 11 is 3.81. The highest BCUT2D eigenvalue weighted by atomic mass is 32.2. The van der Waals surface area contributed by atoms with E-state index in [1.807, 2.05) is 23.5 Å². The van der Waals surface area contributed by atoms with Crippen LogP contribution in [0.5, 0.6) is 0 Å². The average molecular weight is 399 g/mol. The number of rotatable bonds is 2. The lowest BCUT2D eigenvalue weighted by Gasteiger charge is -2.32. The van der Waals surface area contributed by atoms with Crippen LogP contribution in [0.2, 0.25) is 0 Å². The van der Waals surface area contributed by atoms with Gasteiger partial charge in [-0.2, -0.15) is 0 Å².